The highest BCUT2D eigenvalue weighted by atomic mass is 32.1. The molecule has 0 unspecified atom stereocenters. The summed E-state index contributed by atoms with van der Waals surface area (Å²) in [5, 5.41) is 8.08. The molecule has 2 heterocycles. The minimum atomic E-state index is -0.605. The number of esters is 1. The Kier molecular flexibility index (Phi) is 5.52. The van der Waals surface area contributed by atoms with Crippen molar-refractivity contribution in [3.63, 3.8) is 0 Å². The average Bonchev–Trinajstić information content (AvgIpc) is 3.24. The molecule has 0 N–H and O–H groups in total. The number of carbonyl (C=O) groups is 1. The number of carbonyl (C=O) groups excluding carboxylic acids is 1. The molecule has 3 aromatic rings. The van der Waals surface area contributed by atoms with Crippen LogP contribution in [0.5, 0.6) is 0 Å². The predicted octanol–water partition coefficient (Wildman–Crippen LogP) is 5.29. The first-order valence-corrected chi connectivity index (χ1v) is 9.50. The Morgan fingerprint density at radius 2 is 1.96 bits per heavy atom. The van der Waals surface area contributed by atoms with Crippen LogP contribution in [0, 0.1) is 13.8 Å². The van der Waals surface area contributed by atoms with Gasteiger partial charge in [0.2, 0.25) is 5.89 Å². The van der Waals surface area contributed by atoms with Gasteiger partial charge in [-0.15, -0.1) is 21.5 Å². The SMILES string of the molecule is CCCc1cc(C(=O)O[C@H](C)c2nnc(-c3ccc(C)cc3)o2)sc1C. The van der Waals surface area contributed by atoms with Gasteiger partial charge >= 0.3 is 5.97 Å². The topological polar surface area (TPSA) is 65.2 Å². The maximum Gasteiger partial charge on any atom is 0.349 e. The Labute approximate surface area is 157 Å². The van der Waals surface area contributed by atoms with Gasteiger partial charge in [-0.1, -0.05) is 31.0 Å². The van der Waals surface area contributed by atoms with E-state index in [1.165, 1.54) is 16.9 Å². The third kappa shape index (κ3) is 4.02. The van der Waals surface area contributed by atoms with Crippen LogP contribution in [0.1, 0.15) is 57.9 Å². The molecule has 0 bridgehead atoms. The molecule has 2 aromatic heterocycles. The molecule has 0 aliphatic rings. The van der Waals surface area contributed by atoms with Crippen molar-refractivity contribution in [1.29, 1.82) is 0 Å². The molecule has 0 aliphatic carbocycles. The number of nitrogens with zero attached hydrogens (tertiary/aromatic N) is 2. The second kappa shape index (κ2) is 7.83. The molecule has 0 spiro atoms. The van der Waals surface area contributed by atoms with Gasteiger partial charge in [0.25, 0.3) is 5.89 Å². The van der Waals surface area contributed by atoms with Gasteiger partial charge in [0.05, 0.1) is 0 Å². The van der Waals surface area contributed by atoms with Crippen molar-refractivity contribution in [1.82, 2.24) is 10.2 Å². The van der Waals surface area contributed by atoms with E-state index < -0.39 is 6.10 Å². The van der Waals surface area contributed by atoms with E-state index in [4.69, 9.17) is 9.15 Å². The minimum Gasteiger partial charge on any atom is -0.448 e. The van der Waals surface area contributed by atoms with Gasteiger partial charge in [-0.25, -0.2) is 4.79 Å². The van der Waals surface area contributed by atoms with Gasteiger partial charge in [0.1, 0.15) is 4.88 Å². The largest absolute Gasteiger partial charge is 0.448 e. The van der Waals surface area contributed by atoms with Gasteiger partial charge in [0.15, 0.2) is 6.10 Å². The van der Waals surface area contributed by atoms with Gasteiger partial charge in [-0.2, -0.15) is 0 Å². The predicted molar refractivity (Wildman–Crippen MR) is 101 cm³/mol. The molecule has 1 atom stereocenters. The summed E-state index contributed by atoms with van der Waals surface area (Å²) in [5.74, 6) is 0.346. The van der Waals surface area contributed by atoms with E-state index in [1.807, 2.05) is 44.2 Å². The second-order valence-corrected chi connectivity index (χ2v) is 7.56. The molecule has 0 saturated heterocycles. The fourth-order valence-electron chi connectivity index (χ4n) is 2.62. The monoisotopic (exact) mass is 370 g/mol. The van der Waals surface area contributed by atoms with Crippen molar-refractivity contribution in [2.24, 2.45) is 0 Å². The van der Waals surface area contributed by atoms with Gasteiger partial charge in [-0.05, 0) is 51.0 Å². The first-order valence-electron chi connectivity index (χ1n) is 8.68. The van der Waals surface area contributed by atoms with E-state index in [0.29, 0.717) is 10.8 Å². The smallest absolute Gasteiger partial charge is 0.349 e. The Balaban J connectivity index is 1.70. The van der Waals surface area contributed by atoms with Crippen molar-refractivity contribution >= 4 is 17.3 Å². The summed E-state index contributed by atoms with van der Waals surface area (Å²) in [4.78, 5) is 14.2. The molecular formula is C20H22N2O3S. The summed E-state index contributed by atoms with van der Waals surface area (Å²) in [7, 11) is 0. The van der Waals surface area contributed by atoms with Crippen molar-refractivity contribution < 1.29 is 13.9 Å². The van der Waals surface area contributed by atoms with Gasteiger partial charge < -0.3 is 9.15 Å². The normalized spacial score (nSPS) is 12.2. The number of benzene rings is 1. The lowest BCUT2D eigenvalue weighted by molar-refractivity contribution is 0.0285. The summed E-state index contributed by atoms with van der Waals surface area (Å²) in [5.41, 5.74) is 3.20. The number of thiophene rings is 1. The summed E-state index contributed by atoms with van der Waals surface area (Å²) < 4.78 is 11.2. The molecule has 136 valence electrons. The van der Waals surface area contributed by atoms with Crippen molar-refractivity contribution in [2.45, 2.75) is 46.6 Å². The molecule has 6 heteroatoms. The van der Waals surface area contributed by atoms with Crippen LogP contribution in [-0.4, -0.2) is 16.2 Å². The number of hydrogen-bond acceptors (Lipinski definition) is 6. The summed E-state index contributed by atoms with van der Waals surface area (Å²) in [6.45, 7) is 7.90. The van der Waals surface area contributed by atoms with E-state index in [1.54, 1.807) is 6.92 Å². The summed E-state index contributed by atoms with van der Waals surface area (Å²) >= 11 is 1.46. The van der Waals surface area contributed by atoms with Gasteiger partial charge in [0, 0.05) is 10.4 Å². The Morgan fingerprint density at radius 1 is 1.23 bits per heavy atom. The standard InChI is InChI=1S/C20H22N2O3S/c1-5-6-16-11-17(26-14(16)4)20(23)24-13(3)18-21-22-19(25-18)15-9-7-12(2)8-10-15/h7-11,13H,5-6H2,1-4H3/t13-/m1/s1. The maximum absolute atomic E-state index is 12.4. The number of ether oxygens (including phenoxy) is 1. The average molecular weight is 370 g/mol. The number of aromatic nitrogens is 2. The lowest BCUT2D eigenvalue weighted by Crippen LogP contribution is -2.08. The Bertz CT molecular complexity index is 896. The zero-order chi connectivity index (χ0) is 18.7. The zero-order valence-electron chi connectivity index (χ0n) is 15.4. The molecule has 0 fully saturated rings. The van der Waals surface area contributed by atoms with E-state index in [0.717, 1.165) is 28.8 Å². The molecule has 0 aliphatic heterocycles. The summed E-state index contributed by atoms with van der Waals surface area (Å²) in [6.07, 6.45) is 1.41. The fraction of sp³-hybridized carbons (Fsp3) is 0.350. The van der Waals surface area contributed by atoms with E-state index >= 15 is 0 Å². The van der Waals surface area contributed by atoms with Crippen LogP contribution in [0.3, 0.4) is 0 Å². The van der Waals surface area contributed by atoms with Crippen LogP contribution in [0.2, 0.25) is 0 Å². The Hall–Kier alpha value is -2.47. The maximum atomic E-state index is 12.4. The first kappa shape index (κ1) is 18.3. The molecular weight excluding hydrogens is 348 g/mol. The molecule has 1 aromatic carbocycles. The molecule has 5 nitrogen and oxygen atoms in total. The molecule has 26 heavy (non-hydrogen) atoms. The molecule has 0 radical (unpaired) electrons. The molecule has 3 rings (SSSR count). The van der Waals surface area contributed by atoms with E-state index in [2.05, 4.69) is 17.1 Å². The van der Waals surface area contributed by atoms with Crippen LogP contribution in [0.15, 0.2) is 34.7 Å². The zero-order valence-corrected chi connectivity index (χ0v) is 16.2. The van der Waals surface area contributed by atoms with E-state index in [-0.39, 0.29) is 11.9 Å². The highest BCUT2D eigenvalue weighted by molar-refractivity contribution is 7.14. The first-order chi connectivity index (χ1) is 12.5. The number of rotatable bonds is 6. The third-order valence-electron chi connectivity index (χ3n) is 4.11. The van der Waals surface area contributed by atoms with Crippen LogP contribution >= 0.6 is 11.3 Å². The van der Waals surface area contributed by atoms with Gasteiger partial charge in [-0.3, -0.25) is 0 Å². The van der Waals surface area contributed by atoms with Crippen LogP contribution in [0.4, 0.5) is 0 Å². The highest BCUT2D eigenvalue weighted by Gasteiger charge is 2.21. The molecule has 0 amide bonds. The highest BCUT2D eigenvalue weighted by Crippen LogP contribution is 2.27. The second-order valence-electron chi connectivity index (χ2n) is 6.30. The number of hydrogen-bond donors (Lipinski definition) is 0. The lowest BCUT2D eigenvalue weighted by Gasteiger charge is -2.07. The Morgan fingerprint density at radius 3 is 2.65 bits per heavy atom. The van der Waals surface area contributed by atoms with Crippen molar-refractivity contribution in [3.05, 3.63) is 57.1 Å². The fourth-order valence-corrected chi connectivity index (χ4v) is 3.57. The van der Waals surface area contributed by atoms with E-state index in [9.17, 15) is 4.79 Å². The van der Waals surface area contributed by atoms with Crippen LogP contribution in [0.25, 0.3) is 11.5 Å². The van der Waals surface area contributed by atoms with Crippen LogP contribution < -0.4 is 0 Å². The minimum absolute atomic E-state index is 0.288. The summed E-state index contributed by atoms with van der Waals surface area (Å²) in [6, 6.07) is 9.73. The van der Waals surface area contributed by atoms with Crippen molar-refractivity contribution in [2.75, 3.05) is 0 Å². The van der Waals surface area contributed by atoms with Crippen LogP contribution in [-0.2, 0) is 11.2 Å². The van der Waals surface area contributed by atoms with Crippen molar-refractivity contribution in [3.8, 4) is 11.5 Å². The lowest BCUT2D eigenvalue weighted by atomic mass is 10.1. The quantitative estimate of drug-likeness (QED) is 0.552. The number of aryl methyl sites for hydroxylation is 3. The third-order valence-corrected chi connectivity index (χ3v) is 5.18. The molecule has 0 saturated carbocycles.